The first-order valence-corrected chi connectivity index (χ1v) is 5.73. The summed E-state index contributed by atoms with van der Waals surface area (Å²) in [5, 5.41) is 19.1. The largest absolute Gasteiger partial charge is 1.00 e. The van der Waals surface area contributed by atoms with Crippen LogP contribution in [0.3, 0.4) is 0 Å². The summed E-state index contributed by atoms with van der Waals surface area (Å²) in [7, 11) is 0. The number of hydrogen-bond acceptors (Lipinski definition) is 4. The molecule has 0 spiro atoms. The first kappa shape index (κ1) is 17.7. The SMILES string of the molecule is CCCCOc1ccc(/C=C(\C#N)C(=O)[O-])cc1.[Na+]. The number of unbranched alkanes of at least 4 members (excludes halogenated alkanes) is 1. The second-order valence-electron chi connectivity index (χ2n) is 3.73. The average Bonchev–Trinajstić information content (AvgIpc) is 2.37. The molecule has 0 aliphatic carbocycles. The van der Waals surface area contributed by atoms with E-state index in [1.165, 1.54) is 6.08 Å². The summed E-state index contributed by atoms with van der Waals surface area (Å²) in [6.45, 7) is 2.74. The molecule has 0 atom stereocenters. The van der Waals surface area contributed by atoms with Crippen LogP contribution in [0, 0.1) is 11.3 Å². The fraction of sp³-hybridized carbons (Fsp3) is 0.286. The first-order valence-electron chi connectivity index (χ1n) is 5.73. The molecule has 1 aromatic carbocycles. The number of nitrogens with zero attached hydrogens (tertiary/aromatic N) is 1. The van der Waals surface area contributed by atoms with Gasteiger partial charge in [-0.2, -0.15) is 5.26 Å². The molecular weight excluding hydrogens is 253 g/mol. The second kappa shape index (κ2) is 9.62. The van der Waals surface area contributed by atoms with E-state index in [0.29, 0.717) is 12.2 Å². The number of aliphatic carboxylic acids is 1. The zero-order valence-corrected chi connectivity index (χ0v) is 13.2. The van der Waals surface area contributed by atoms with Crippen LogP contribution in [0.25, 0.3) is 6.08 Å². The number of benzene rings is 1. The van der Waals surface area contributed by atoms with Crippen molar-refractivity contribution in [3.8, 4) is 11.8 Å². The zero-order valence-electron chi connectivity index (χ0n) is 11.2. The van der Waals surface area contributed by atoms with Gasteiger partial charge in [0.25, 0.3) is 0 Å². The monoisotopic (exact) mass is 267 g/mol. The summed E-state index contributed by atoms with van der Waals surface area (Å²) in [4.78, 5) is 10.5. The molecule has 0 N–H and O–H groups in total. The number of carboxylic acid groups (broad SMARTS) is 1. The smallest absolute Gasteiger partial charge is 0.544 e. The molecule has 0 aliphatic heterocycles. The van der Waals surface area contributed by atoms with E-state index in [2.05, 4.69) is 6.92 Å². The van der Waals surface area contributed by atoms with E-state index in [-0.39, 0.29) is 29.6 Å². The van der Waals surface area contributed by atoms with E-state index in [1.807, 2.05) is 0 Å². The van der Waals surface area contributed by atoms with Gasteiger partial charge in [-0.15, -0.1) is 0 Å². The van der Waals surface area contributed by atoms with Crippen LogP contribution in [0.2, 0.25) is 0 Å². The summed E-state index contributed by atoms with van der Waals surface area (Å²) < 4.78 is 5.47. The Labute approximate surface area is 135 Å². The minimum atomic E-state index is -1.47. The van der Waals surface area contributed by atoms with Crippen molar-refractivity contribution < 1.29 is 44.2 Å². The molecule has 1 aromatic rings. The predicted octanol–water partition coefficient (Wildman–Crippen LogP) is -1.47. The number of rotatable bonds is 6. The summed E-state index contributed by atoms with van der Waals surface area (Å²) >= 11 is 0. The maximum absolute atomic E-state index is 10.5. The van der Waals surface area contributed by atoms with Crippen molar-refractivity contribution in [2.75, 3.05) is 6.61 Å². The number of carboxylic acids is 1. The van der Waals surface area contributed by atoms with E-state index in [0.717, 1.165) is 18.6 Å². The van der Waals surface area contributed by atoms with Crippen LogP contribution in [0.5, 0.6) is 5.75 Å². The summed E-state index contributed by atoms with van der Waals surface area (Å²) in [5.74, 6) is -0.742. The number of carbonyl (C=O) groups excluding carboxylic acids is 1. The van der Waals surface area contributed by atoms with Crippen molar-refractivity contribution in [3.63, 3.8) is 0 Å². The van der Waals surface area contributed by atoms with Gasteiger partial charge in [0, 0.05) is 0 Å². The van der Waals surface area contributed by atoms with Crippen LogP contribution < -0.4 is 39.4 Å². The predicted molar refractivity (Wildman–Crippen MR) is 65.4 cm³/mol. The van der Waals surface area contributed by atoms with Crippen LogP contribution in [-0.4, -0.2) is 12.6 Å². The van der Waals surface area contributed by atoms with E-state index < -0.39 is 11.5 Å². The van der Waals surface area contributed by atoms with E-state index in [9.17, 15) is 9.90 Å². The second-order valence-corrected chi connectivity index (χ2v) is 3.73. The van der Waals surface area contributed by atoms with Crippen LogP contribution in [0.4, 0.5) is 0 Å². The molecule has 4 nitrogen and oxygen atoms in total. The van der Waals surface area contributed by atoms with E-state index in [1.54, 1.807) is 30.3 Å². The molecule has 19 heavy (non-hydrogen) atoms. The Bertz CT molecular complexity index is 474. The van der Waals surface area contributed by atoms with Gasteiger partial charge < -0.3 is 14.6 Å². The molecule has 0 saturated heterocycles. The van der Waals surface area contributed by atoms with Crippen molar-refractivity contribution in [2.24, 2.45) is 0 Å². The fourth-order valence-electron chi connectivity index (χ4n) is 1.30. The van der Waals surface area contributed by atoms with Crippen LogP contribution >= 0.6 is 0 Å². The van der Waals surface area contributed by atoms with Crippen molar-refractivity contribution in [1.29, 1.82) is 5.26 Å². The molecule has 0 aromatic heterocycles. The molecule has 0 saturated carbocycles. The van der Waals surface area contributed by atoms with Gasteiger partial charge in [-0.05, 0) is 30.2 Å². The van der Waals surface area contributed by atoms with Gasteiger partial charge in [-0.1, -0.05) is 25.5 Å². The molecule has 0 fully saturated rings. The Balaban J connectivity index is 0.00000324. The third kappa shape index (κ3) is 6.44. The van der Waals surface area contributed by atoms with Gasteiger partial charge in [0.1, 0.15) is 11.8 Å². The first-order chi connectivity index (χ1) is 8.67. The summed E-state index contributed by atoms with van der Waals surface area (Å²) in [5.41, 5.74) is 0.230. The van der Waals surface area contributed by atoms with Crippen molar-refractivity contribution in [1.82, 2.24) is 0 Å². The summed E-state index contributed by atoms with van der Waals surface area (Å²) in [6, 6.07) is 8.45. The maximum atomic E-state index is 10.5. The van der Waals surface area contributed by atoms with Crippen LogP contribution in [-0.2, 0) is 4.79 Å². The third-order valence-electron chi connectivity index (χ3n) is 2.30. The number of nitriles is 1. The van der Waals surface area contributed by atoms with E-state index >= 15 is 0 Å². The zero-order chi connectivity index (χ0) is 13.4. The fourth-order valence-corrected chi connectivity index (χ4v) is 1.30. The third-order valence-corrected chi connectivity index (χ3v) is 2.30. The average molecular weight is 267 g/mol. The quantitative estimate of drug-likeness (QED) is 0.273. The molecule has 1 rings (SSSR count). The number of ether oxygens (including phenoxy) is 1. The molecule has 0 radical (unpaired) electrons. The maximum Gasteiger partial charge on any atom is 1.00 e. The molecule has 0 bridgehead atoms. The van der Waals surface area contributed by atoms with Crippen molar-refractivity contribution in [3.05, 3.63) is 35.4 Å². The van der Waals surface area contributed by atoms with Gasteiger partial charge in [0.05, 0.1) is 18.1 Å². The molecule has 94 valence electrons. The molecule has 0 amide bonds. The van der Waals surface area contributed by atoms with Crippen LogP contribution in [0.1, 0.15) is 25.3 Å². The van der Waals surface area contributed by atoms with Gasteiger partial charge in [0.2, 0.25) is 0 Å². The van der Waals surface area contributed by atoms with Crippen molar-refractivity contribution in [2.45, 2.75) is 19.8 Å². The van der Waals surface area contributed by atoms with E-state index in [4.69, 9.17) is 10.00 Å². The Morgan fingerprint density at radius 1 is 1.42 bits per heavy atom. The minimum absolute atomic E-state index is 0. The van der Waals surface area contributed by atoms with Gasteiger partial charge in [0.15, 0.2) is 0 Å². The molecule has 0 aliphatic rings. The minimum Gasteiger partial charge on any atom is -0.544 e. The standard InChI is InChI=1S/C14H15NO3.Na/c1-2-3-8-18-13-6-4-11(5-7-13)9-12(10-15)14(16)17;/h4-7,9H,2-3,8H2,1H3,(H,16,17);/q;+1/p-1/b12-9+;. The Hall–Kier alpha value is -1.28. The molecule has 5 heteroatoms. The van der Waals surface area contributed by atoms with Gasteiger partial charge >= 0.3 is 29.6 Å². The number of hydrogen-bond donors (Lipinski definition) is 0. The van der Waals surface area contributed by atoms with Gasteiger partial charge in [-0.3, -0.25) is 0 Å². The Morgan fingerprint density at radius 2 is 2.05 bits per heavy atom. The van der Waals surface area contributed by atoms with Gasteiger partial charge in [-0.25, -0.2) is 0 Å². The molecular formula is C14H14NNaO3. The normalized spacial score (nSPS) is 10.2. The van der Waals surface area contributed by atoms with Crippen LogP contribution in [0.15, 0.2) is 29.8 Å². The Kier molecular flexibility index (Phi) is 8.98. The topological polar surface area (TPSA) is 73.1 Å². The van der Waals surface area contributed by atoms with Crippen molar-refractivity contribution >= 4 is 12.0 Å². The molecule has 0 heterocycles. The molecule has 0 unspecified atom stereocenters. The number of carbonyl (C=O) groups is 1. The summed E-state index contributed by atoms with van der Waals surface area (Å²) in [6.07, 6.45) is 3.33. The Morgan fingerprint density at radius 3 is 2.53 bits per heavy atom.